The lowest BCUT2D eigenvalue weighted by Gasteiger charge is -2.11. The largest absolute Gasteiger partial charge is 0.450 e. The molecule has 0 unspecified atom stereocenters. The van der Waals surface area contributed by atoms with E-state index in [1.807, 2.05) is 6.92 Å². The molecule has 0 saturated carbocycles. The van der Waals surface area contributed by atoms with Gasteiger partial charge in [0.1, 0.15) is 11.6 Å². The Morgan fingerprint density at radius 3 is 2.62 bits per heavy atom. The molecule has 0 aromatic heterocycles. The van der Waals surface area contributed by atoms with Crippen LogP contribution in [0.5, 0.6) is 11.5 Å². The molecule has 0 saturated heterocycles. The van der Waals surface area contributed by atoms with Crippen molar-refractivity contribution in [3.05, 3.63) is 62.4 Å². The van der Waals surface area contributed by atoms with E-state index in [-0.39, 0.29) is 17.5 Å². The van der Waals surface area contributed by atoms with Gasteiger partial charge in [0.05, 0.1) is 4.92 Å². The molecule has 7 heteroatoms. The van der Waals surface area contributed by atoms with Gasteiger partial charge in [-0.25, -0.2) is 4.39 Å². The first-order valence-corrected chi connectivity index (χ1v) is 6.84. The topological polar surface area (TPSA) is 78.4 Å². The standard InChI is InChI=1S/C14H12BrFN2O3/c1-8(17)11-4-3-10(7-12(11)15)21-14-6-9(16)2-5-13(14)18(19)20/h2-8H,17H2,1H3/t8-/m1/s1. The minimum Gasteiger partial charge on any atom is -0.450 e. The Morgan fingerprint density at radius 1 is 1.33 bits per heavy atom. The first-order chi connectivity index (χ1) is 9.88. The van der Waals surface area contributed by atoms with E-state index in [0.29, 0.717) is 10.2 Å². The van der Waals surface area contributed by atoms with Crippen molar-refractivity contribution in [1.29, 1.82) is 0 Å². The first kappa shape index (κ1) is 15.4. The highest BCUT2D eigenvalue weighted by Gasteiger charge is 2.17. The van der Waals surface area contributed by atoms with Crippen LogP contribution in [-0.2, 0) is 0 Å². The molecule has 2 rings (SSSR count). The molecule has 2 aromatic rings. The summed E-state index contributed by atoms with van der Waals surface area (Å²) in [5.74, 6) is -0.415. The number of nitro benzene ring substituents is 1. The Labute approximate surface area is 128 Å². The zero-order valence-corrected chi connectivity index (χ0v) is 12.6. The normalized spacial score (nSPS) is 12.0. The van der Waals surface area contributed by atoms with Gasteiger partial charge in [-0.15, -0.1) is 0 Å². The molecule has 110 valence electrons. The van der Waals surface area contributed by atoms with E-state index in [1.165, 1.54) is 0 Å². The number of nitrogens with zero attached hydrogens (tertiary/aromatic N) is 1. The van der Waals surface area contributed by atoms with Gasteiger partial charge in [-0.1, -0.05) is 22.0 Å². The predicted octanol–water partition coefficient (Wildman–Crippen LogP) is 4.31. The molecule has 0 aliphatic carbocycles. The van der Waals surface area contributed by atoms with Crippen LogP contribution in [0.15, 0.2) is 40.9 Å². The van der Waals surface area contributed by atoms with E-state index < -0.39 is 10.7 Å². The highest BCUT2D eigenvalue weighted by molar-refractivity contribution is 9.10. The summed E-state index contributed by atoms with van der Waals surface area (Å²) in [6, 6.07) is 7.89. The Kier molecular flexibility index (Phi) is 4.54. The summed E-state index contributed by atoms with van der Waals surface area (Å²) in [6.07, 6.45) is 0. The third-order valence-corrected chi connectivity index (χ3v) is 3.50. The summed E-state index contributed by atoms with van der Waals surface area (Å²) in [5, 5.41) is 10.9. The first-order valence-electron chi connectivity index (χ1n) is 6.05. The molecule has 0 amide bonds. The minimum atomic E-state index is -0.625. The van der Waals surface area contributed by atoms with Crippen molar-refractivity contribution in [1.82, 2.24) is 0 Å². The lowest BCUT2D eigenvalue weighted by molar-refractivity contribution is -0.385. The molecular weight excluding hydrogens is 343 g/mol. The molecule has 0 aliphatic rings. The minimum absolute atomic E-state index is 0.152. The second-order valence-corrected chi connectivity index (χ2v) is 5.30. The lowest BCUT2D eigenvalue weighted by Crippen LogP contribution is -2.05. The molecule has 1 atom stereocenters. The van der Waals surface area contributed by atoms with Gasteiger partial charge in [0, 0.05) is 22.6 Å². The van der Waals surface area contributed by atoms with Gasteiger partial charge < -0.3 is 10.5 Å². The predicted molar refractivity (Wildman–Crippen MR) is 79.9 cm³/mol. The summed E-state index contributed by atoms with van der Waals surface area (Å²) in [5.41, 5.74) is 6.36. The van der Waals surface area contributed by atoms with Crippen LogP contribution in [0.25, 0.3) is 0 Å². The number of ether oxygens (including phenoxy) is 1. The monoisotopic (exact) mass is 354 g/mol. The molecule has 0 aliphatic heterocycles. The summed E-state index contributed by atoms with van der Waals surface area (Å²) in [6.45, 7) is 1.83. The van der Waals surface area contributed by atoms with Gasteiger partial charge >= 0.3 is 5.69 Å². The van der Waals surface area contributed by atoms with Crippen LogP contribution < -0.4 is 10.5 Å². The quantitative estimate of drug-likeness (QED) is 0.655. The van der Waals surface area contributed by atoms with Crippen LogP contribution in [0.2, 0.25) is 0 Å². The summed E-state index contributed by atoms with van der Waals surface area (Å²) >= 11 is 3.36. The molecule has 21 heavy (non-hydrogen) atoms. The van der Waals surface area contributed by atoms with Crippen LogP contribution in [0, 0.1) is 15.9 Å². The van der Waals surface area contributed by atoms with Gasteiger partial charge in [-0.3, -0.25) is 10.1 Å². The average molecular weight is 355 g/mol. The number of rotatable bonds is 4. The van der Waals surface area contributed by atoms with E-state index in [2.05, 4.69) is 15.9 Å². The van der Waals surface area contributed by atoms with Crippen LogP contribution >= 0.6 is 15.9 Å². The summed E-state index contributed by atoms with van der Waals surface area (Å²) < 4.78 is 19.4. The van der Waals surface area contributed by atoms with Crippen LogP contribution in [0.4, 0.5) is 10.1 Å². The van der Waals surface area contributed by atoms with Gasteiger partial charge in [0.2, 0.25) is 5.75 Å². The van der Waals surface area contributed by atoms with E-state index >= 15 is 0 Å². The molecule has 5 nitrogen and oxygen atoms in total. The molecule has 2 N–H and O–H groups in total. The van der Waals surface area contributed by atoms with Gasteiger partial charge in [-0.05, 0) is 30.7 Å². The number of hydrogen-bond acceptors (Lipinski definition) is 4. The summed E-state index contributed by atoms with van der Waals surface area (Å²) in [4.78, 5) is 10.3. The SMILES string of the molecule is C[C@@H](N)c1ccc(Oc2cc(F)ccc2[N+](=O)[O-])cc1Br. The maximum absolute atomic E-state index is 13.2. The third-order valence-electron chi connectivity index (χ3n) is 2.81. The van der Waals surface area contributed by atoms with Crippen molar-refractivity contribution in [2.24, 2.45) is 5.73 Å². The van der Waals surface area contributed by atoms with Crippen molar-refractivity contribution < 1.29 is 14.1 Å². The van der Waals surface area contributed by atoms with Crippen molar-refractivity contribution in [3.8, 4) is 11.5 Å². The van der Waals surface area contributed by atoms with E-state index in [9.17, 15) is 14.5 Å². The molecular formula is C14H12BrFN2O3. The molecule has 0 spiro atoms. The number of hydrogen-bond donors (Lipinski definition) is 1. The second kappa shape index (κ2) is 6.19. The zero-order chi connectivity index (χ0) is 15.6. The molecule has 2 aromatic carbocycles. The summed E-state index contributed by atoms with van der Waals surface area (Å²) in [7, 11) is 0. The molecule has 0 radical (unpaired) electrons. The average Bonchev–Trinajstić information content (AvgIpc) is 2.37. The second-order valence-electron chi connectivity index (χ2n) is 4.44. The van der Waals surface area contributed by atoms with E-state index in [1.54, 1.807) is 18.2 Å². The van der Waals surface area contributed by atoms with Gasteiger partial charge in [0.15, 0.2) is 0 Å². The van der Waals surface area contributed by atoms with Crippen molar-refractivity contribution in [2.75, 3.05) is 0 Å². The molecule has 0 bridgehead atoms. The van der Waals surface area contributed by atoms with Crippen molar-refractivity contribution >= 4 is 21.6 Å². The fraction of sp³-hybridized carbons (Fsp3) is 0.143. The smallest absolute Gasteiger partial charge is 0.311 e. The number of nitro groups is 1. The highest BCUT2D eigenvalue weighted by atomic mass is 79.9. The van der Waals surface area contributed by atoms with Crippen molar-refractivity contribution in [2.45, 2.75) is 13.0 Å². The van der Waals surface area contributed by atoms with Crippen LogP contribution in [0.3, 0.4) is 0 Å². The Bertz CT molecular complexity index is 692. The number of benzene rings is 2. The fourth-order valence-electron chi connectivity index (χ4n) is 1.79. The highest BCUT2D eigenvalue weighted by Crippen LogP contribution is 2.34. The van der Waals surface area contributed by atoms with Crippen LogP contribution in [-0.4, -0.2) is 4.92 Å². The fourth-order valence-corrected chi connectivity index (χ4v) is 2.51. The molecule has 0 fully saturated rings. The maximum Gasteiger partial charge on any atom is 0.311 e. The number of halogens is 2. The Balaban J connectivity index is 2.36. The van der Waals surface area contributed by atoms with Gasteiger partial charge in [-0.2, -0.15) is 0 Å². The Morgan fingerprint density at radius 2 is 2.05 bits per heavy atom. The van der Waals surface area contributed by atoms with E-state index in [4.69, 9.17) is 10.5 Å². The van der Waals surface area contributed by atoms with E-state index in [0.717, 1.165) is 23.8 Å². The lowest BCUT2D eigenvalue weighted by atomic mass is 10.1. The van der Waals surface area contributed by atoms with Gasteiger partial charge in [0.25, 0.3) is 0 Å². The Hall–Kier alpha value is -1.99. The number of nitrogens with two attached hydrogens (primary N) is 1. The zero-order valence-electron chi connectivity index (χ0n) is 11.0. The maximum atomic E-state index is 13.2. The molecule has 0 heterocycles. The van der Waals surface area contributed by atoms with Crippen molar-refractivity contribution in [3.63, 3.8) is 0 Å². The van der Waals surface area contributed by atoms with Crippen LogP contribution in [0.1, 0.15) is 18.5 Å². The third kappa shape index (κ3) is 3.56.